The molecule has 30 heavy (non-hydrogen) atoms. The monoisotopic (exact) mass is 434 g/mol. The molecular formula is C19H13F3N4O3S. The van der Waals surface area contributed by atoms with E-state index in [-0.39, 0.29) is 35.5 Å². The van der Waals surface area contributed by atoms with Crippen molar-refractivity contribution in [2.24, 2.45) is 0 Å². The molecule has 4 amide bonds. The van der Waals surface area contributed by atoms with Gasteiger partial charge in [-0.2, -0.15) is 13.2 Å². The Labute approximate surface area is 171 Å². The molecule has 4 rings (SSSR count). The van der Waals surface area contributed by atoms with Crippen molar-refractivity contribution in [3.05, 3.63) is 48.0 Å². The van der Waals surface area contributed by atoms with Crippen molar-refractivity contribution >= 4 is 55.9 Å². The summed E-state index contributed by atoms with van der Waals surface area (Å²) < 4.78 is 39.0. The molecule has 3 aromatic rings. The molecule has 0 aliphatic carbocycles. The predicted molar refractivity (Wildman–Crippen MR) is 105 cm³/mol. The third kappa shape index (κ3) is 3.96. The van der Waals surface area contributed by atoms with Gasteiger partial charge in [0.15, 0.2) is 5.13 Å². The number of imide groups is 1. The van der Waals surface area contributed by atoms with Gasteiger partial charge in [0.25, 0.3) is 0 Å². The number of hydrogen-bond donors (Lipinski definition) is 2. The Morgan fingerprint density at radius 1 is 1.00 bits per heavy atom. The second-order valence-corrected chi connectivity index (χ2v) is 7.47. The van der Waals surface area contributed by atoms with E-state index in [1.54, 1.807) is 18.2 Å². The molecule has 7 nitrogen and oxygen atoms in total. The van der Waals surface area contributed by atoms with Crippen molar-refractivity contribution in [3.63, 3.8) is 0 Å². The molecule has 2 heterocycles. The Hall–Kier alpha value is -3.47. The zero-order valence-corrected chi connectivity index (χ0v) is 15.9. The van der Waals surface area contributed by atoms with Crippen LogP contribution in [0.4, 0.5) is 34.5 Å². The minimum absolute atomic E-state index is 0.00506. The Balaban J connectivity index is 1.49. The summed E-state index contributed by atoms with van der Waals surface area (Å²) in [5, 5.41) is 5.16. The summed E-state index contributed by atoms with van der Waals surface area (Å²) in [6.07, 6.45) is -4.21. The maximum Gasteiger partial charge on any atom is 0.416 e. The first-order chi connectivity index (χ1) is 14.2. The largest absolute Gasteiger partial charge is 0.416 e. The molecule has 1 aliphatic heterocycles. The summed E-state index contributed by atoms with van der Waals surface area (Å²) in [7, 11) is 0. The van der Waals surface area contributed by atoms with Gasteiger partial charge >= 0.3 is 12.2 Å². The van der Waals surface area contributed by atoms with Crippen LogP contribution in [0.1, 0.15) is 18.4 Å². The van der Waals surface area contributed by atoms with E-state index in [0.717, 1.165) is 28.4 Å². The lowest BCUT2D eigenvalue weighted by Gasteiger charge is -2.10. The summed E-state index contributed by atoms with van der Waals surface area (Å²) in [4.78, 5) is 41.2. The minimum atomic E-state index is -4.51. The van der Waals surface area contributed by atoms with Gasteiger partial charge < -0.3 is 10.6 Å². The Morgan fingerprint density at radius 3 is 2.33 bits per heavy atom. The minimum Gasteiger partial charge on any atom is -0.308 e. The van der Waals surface area contributed by atoms with Gasteiger partial charge in [-0.05, 0) is 36.4 Å². The van der Waals surface area contributed by atoms with E-state index < -0.39 is 17.8 Å². The van der Waals surface area contributed by atoms with Crippen molar-refractivity contribution in [3.8, 4) is 0 Å². The van der Waals surface area contributed by atoms with Gasteiger partial charge in [0.05, 0.1) is 15.8 Å². The number of hydrogen-bond acceptors (Lipinski definition) is 5. The number of rotatable bonds is 3. The number of amides is 4. The van der Waals surface area contributed by atoms with Crippen LogP contribution in [0.15, 0.2) is 42.5 Å². The van der Waals surface area contributed by atoms with E-state index in [0.29, 0.717) is 15.9 Å². The van der Waals surface area contributed by atoms with Crippen LogP contribution in [-0.2, 0) is 15.8 Å². The van der Waals surface area contributed by atoms with Gasteiger partial charge in [0.2, 0.25) is 11.8 Å². The van der Waals surface area contributed by atoms with Crippen LogP contribution in [-0.4, -0.2) is 22.8 Å². The van der Waals surface area contributed by atoms with Crippen molar-refractivity contribution in [1.82, 2.24) is 4.98 Å². The van der Waals surface area contributed by atoms with Crippen LogP contribution in [0, 0.1) is 0 Å². The SMILES string of the molecule is O=C(Nc1cccc(C(F)(F)F)c1)Nc1ccc2nc(N3C(=O)CCC3=O)sc2c1. The second-order valence-electron chi connectivity index (χ2n) is 6.46. The normalized spacial score (nSPS) is 14.4. The summed E-state index contributed by atoms with van der Waals surface area (Å²) in [6.45, 7) is 0. The highest BCUT2D eigenvalue weighted by Crippen LogP contribution is 2.33. The van der Waals surface area contributed by atoms with E-state index in [1.165, 1.54) is 12.1 Å². The van der Waals surface area contributed by atoms with Gasteiger partial charge in [-0.1, -0.05) is 17.4 Å². The maximum absolute atomic E-state index is 12.8. The molecule has 0 bridgehead atoms. The first kappa shape index (κ1) is 19.8. The molecule has 1 aliphatic rings. The molecule has 0 unspecified atom stereocenters. The second kappa shape index (κ2) is 7.41. The molecule has 1 saturated heterocycles. The number of nitrogens with zero attached hydrogens (tertiary/aromatic N) is 2. The van der Waals surface area contributed by atoms with Crippen LogP contribution < -0.4 is 15.5 Å². The van der Waals surface area contributed by atoms with Crippen LogP contribution in [0.2, 0.25) is 0 Å². The topological polar surface area (TPSA) is 91.4 Å². The number of carbonyl (C=O) groups is 3. The summed E-state index contributed by atoms with van der Waals surface area (Å²) >= 11 is 1.13. The van der Waals surface area contributed by atoms with Crippen molar-refractivity contribution < 1.29 is 27.6 Å². The molecule has 0 atom stereocenters. The number of carbonyl (C=O) groups excluding carboxylic acids is 3. The third-order valence-electron chi connectivity index (χ3n) is 4.33. The number of urea groups is 1. The van der Waals surface area contributed by atoms with Gasteiger partial charge in [0.1, 0.15) is 0 Å². The predicted octanol–water partition coefficient (Wildman–Crippen LogP) is 4.61. The fraction of sp³-hybridized carbons (Fsp3) is 0.158. The number of fused-ring (bicyclic) bond motifs is 1. The highest BCUT2D eigenvalue weighted by Gasteiger charge is 2.33. The maximum atomic E-state index is 12.8. The zero-order chi connectivity index (χ0) is 21.5. The molecule has 0 saturated carbocycles. The number of halogens is 3. The number of aromatic nitrogens is 1. The summed E-state index contributed by atoms with van der Waals surface area (Å²) in [5.74, 6) is -0.615. The van der Waals surface area contributed by atoms with Crippen molar-refractivity contribution in [2.45, 2.75) is 19.0 Å². The van der Waals surface area contributed by atoms with Gasteiger partial charge in [-0.3, -0.25) is 9.59 Å². The highest BCUT2D eigenvalue weighted by molar-refractivity contribution is 7.22. The van der Waals surface area contributed by atoms with Gasteiger partial charge in [0, 0.05) is 24.2 Å². The molecule has 2 N–H and O–H groups in total. The molecule has 154 valence electrons. The van der Waals surface area contributed by atoms with Crippen LogP contribution >= 0.6 is 11.3 Å². The van der Waals surface area contributed by atoms with E-state index in [2.05, 4.69) is 15.6 Å². The summed E-state index contributed by atoms with van der Waals surface area (Å²) in [6, 6.07) is 8.35. The standard InChI is InChI=1S/C19H13F3N4O3S/c20-19(21,22)10-2-1-3-11(8-10)23-17(29)24-12-4-5-13-14(9-12)30-18(25-13)26-15(27)6-7-16(26)28/h1-5,8-9H,6-7H2,(H2,23,24,29). The van der Waals surface area contributed by atoms with Gasteiger partial charge in [-0.25, -0.2) is 14.7 Å². The Kier molecular flexibility index (Phi) is 4.90. The molecule has 11 heteroatoms. The van der Waals surface area contributed by atoms with Crippen molar-refractivity contribution in [1.29, 1.82) is 0 Å². The van der Waals surface area contributed by atoms with E-state index in [1.807, 2.05) is 0 Å². The zero-order valence-electron chi connectivity index (χ0n) is 15.1. The van der Waals surface area contributed by atoms with Crippen molar-refractivity contribution in [2.75, 3.05) is 15.5 Å². The van der Waals surface area contributed by atoms with Gasteiger partial charge in [-0.15, -0.1) is 0 Å². The highest BCUT2D eigenvalue weighted by atomic mass is 32.1. The average molecular weight is 434 g/mol. The fourth-order valence-corrected chi connectivity index (χ4v) is 3.98. The molecule has 0 radical (unpaired) electrons. The lowest BCUT2D eigenvalue weighted by Crippen LogP contribution is -2.28. The third-order valence-corrected chi connectivity index (χ3v) is 5.33. The quantitative estimate of drug-likeness (QED) is 0.589. The molecular weight excluding hydrogens is 421 g/mol. The number of anilines is 3. The van der Waals surface area contributed by atoms with Crippen LogP contribution in [0.5, 0.6) is 0 Å². The smallest absolute Gasteiger partial charge is 0.308 e. The van der Waals surface area contributed by atoms with E-state index in [9.17, 15) is 27.6 Å². The lowest BCUT2D eigenvalue weighted by atomic mass is 10.2. The van der Waals surface area contributed by atoms with E-state index >= 15 is 0 Å². The Morgan fingerprint density at radius 2 is 1.67 bits per heavy atom. The number of nitrogens with one attached hydrogen (secondary N) is 2. The first-order valence-electron chi connectivity index (χ1n) is 8.72. The van der Waals surface area contributed by atoms with Crippen LogP contribution in [0.3, 0.4) is 0 Å². The fourth-order valence-electron chi connectivity index (χ4n) is 2.94. The average Bonchev–Trinajstić information content (AvgIpc) is 3.23. The first-order valence-corrected chi connectivity index (χ1v) is 9.54. The number of benzene rings is 2. The van der Waals surface area contributed by atoms with E-state index in [4.69, 9.17) is 0 Å². The number of thiazole rings is 1. The molecule has 1 fully saturated rings. The lowest BCUT2D eigenvalue weighted by molar-refractivity contribution is -0.137. The van der Waals surface area contributed by atoms with Crippen LogP contribution in [0.25, 0.3) is 10.2 Å². The Bertz CT molecular complexity index is 1160. The number of alkyl halides is 3. The molecule has 2 aromatic carbocycles. The molecule has 0 spiro atoms. The summed E-state index contributed by atoms with van der Waals surface area (Å²) in [5.41, 5.74) is 0.0482. The molecule has 1 aromatic heterocycles.